The predicted octanol–water partition coefficient (Wildman–Crippen LogP) is 0.582. The topological polar surface area (TPSA) is 71.4 Å². The van der Waals surface area contributed by atoms with Crippen molar-refractivity contribution < 1.29 is 22.7 Å². The summed E-state index contributed by atoms with van der Waals surface area (Å²) in [6.45, 7) is 0. The number of hydrogen-bond acceptors (Lipinski definition) is 3. The van der Waals surface area contributed by atoms with Crippen molar-refractivity contribution in [3.05, 3.63) is 0 Å². The third-order valence-electron chi connectivity index (χ3n) is 2.39. The summed E-state index contributed by atoms with van der Waals surface area (Å²) in [5.41, 5.74) is 0. The van der Waals surface area contributed by atoms with Crippen LogP contribution in [-0.4, -0.2) is 30.8 Å². The number of halogens is 1. The lowest BCUT2D eigenvalue weighted by Crippen LogP contribution is -2.20. The largest absolute Gasteiger partial charge is 0.481 e. The SMILES string of the molecule is O=C(O)C1CCC(S(=O)(=O)CF)C1. The Morgan fingerprint density at radius 3 is 2.46 bits per heavy atom. The summed E-state index contributed by atoms with van der Waals surface area (Å²) in [7, 11) is -3.69. The van der Waals surface area contributed by atoms with Crippen molar-refractivity contribution in [2.45, 2.75) is 24.5 Å². The van der Waals surface area contributed by atoms with E-state index in [2.05, 4.69) is 0 Å². The maximum absolute atomic E-state index is 12.0. The molecule has 0 bridgehead atoms. The van der Waals surface area contributed by atoms with Crippen molar-refractivity contribution in [3.63, 3.8) is 0 Å². The highest BCUT2D eigenvalue weighted by Gasteiger charge is 2.37. The van der Waals surface area contributed by atoms with Crippen molar-refractivity contribution in [2.24, 2.45) is 5.92 Å². The van der Waals surface area contributed by atoms with Gasteiger partial charge >= 0.3 is 5.97 Å². The second-order valence-electron chi connectivity index (χ2n) is 3.24. The number of sulfone groups is 1. The highest BCUT2D eigenvalue weighted by atomic mass is 32.2. The smallest absolute Gasteiger partial charge is 0.306 e. The van der Waals surface area contributed by atoms with Gasteiger partial charge < -0.3 is 5.11 Å². The highest BCUT2D eigenvalue weighted by molar-refractivity contribution is 7.91. The van der Waals surface area contributed by atoms with Gasteiger partial charge in [0.25, 0.3) is 0 Å². The summed E-state index contributed by atoms with van der Waals surface area (Å²) >= 11 is 0. The van der Waals surface area contributed by atoms with Crippen LogP contribution in [0.2, 0.25) is 0 Å². The van der Waals surface area contributed by atoms with Crippen molar-refractivity contribution in [3.8, 4) is 0 Å². The van der Waals surface area contributed by atoms with Crippen molar-refractivity contribution >= 4 is 15.8 Å². The van der Waals surface area contributed by atoms with Crippen molar-refractivity contribution in [1.29, 1.82) is 0 Å². The number of carboxylic acid groups (broad SMARTS) is 1. The van der Waals surface area contributed by atoms with E-state index in [0.717, 1.165) is 0 Å². The van der Waals surface area contributed by atoms with Crippen LogP contribution in [-0.2, 0) is 14.6 Å². The highest BCUT2D eigenvalue weighted by Crippen LogP contribution is 2.30. The second-order valence-corrected chi connectivity index (χ2v) is 5.45. The first-order chi connectivity index (χ1) is 5.97. The summed E-state index contributed by atoms with van der Waals surface area (Å²) in [5.74, 6) is -1.61. The van der Waals surface area contributed by atoms with E-state index in [1.54, 1.807) is 0 Å². The average molecular weight is 210 g/mol. The molecule has 0 aromatic heterocycles. The lowest BCUT2D eigenvalue weighted by Gasteiger charge is -2.06. The zero-order valence-corrected chi connectivity index (χ0v) is 7.76. The quantitative estimate of drug-likeness (QED) is 0.739. The fourth-order valence-corrected chi connectivity index (χ4v) is 2.78. The van der Waals surface area contributed by atoms with Crippen LogP contribution in [0.15, 0.2) is 0 Å². The molecule has 6 heteroatoms. The van der Waals surface area contributed by atoms with E-state index in [1.165, 1.54) is 0 Å². The number of carbonyl (C=O) groups is 1. The molecule has 1 N–H and O–H groups in total. The molecule has 1 aliphatic rings. The Balaban J connectivity index is 2.65. The molecule has 0 amide bonds. The van der Waals surface area contributed by atoms with Gasteiger partial charge in [-0.2, -0.15) is 0 Å². The van der Waals surface area contributed by atoms with Crippen molar-refractivity contribution in [2.75, 3.05) is 6.01 Å². The first-order valence-corrected chi connectivity index (χ1v) is 5.69. The monoisotopic (exact) mass is 210 g/mol. The van der Waals surface area contributed by atoms with Gasteiger partial charge in [-0.1, -0.05) is 0 Å². The molecule has 1 saturated carbocycles. The fourth-order valence-electron chi connectivity index (χ4n) is 1.58. The third kappa shape index (κ3) is 2.18. The first kappa shape index (κ1) is 10.4. The van der Waals surface area contributed by atoms with E-state index in [0.29, 0.717) is 6.42 Å². The molecule has 13 heavy (non-hydrogen) atoms. The summed E-state index contributed by atoms with van der Waals surface area (Å²) in [4.78, 5) is 10.5. The van der Waals surface area contributed by atoms with Gasteiger partial charge in [-0.25, -0.2) is 12.8 Å². The molecule has 2 unspecified atom stereocenters. The molecule has 0 aromatic carbocycles. The van der Waals surface area contributed by atoms with Gasteiger partial charge in [-0.3, -0.25) is 4.79 Å². The van der Waals surface area contributed by atoms with Gasteiger partial charge in [0.1, 0.15) is 0 Å². The summed E-state index contributed by atoms with van der Waals surface area (Å²) in [6.07, 6.45) is 0.657. The fraction of sp³-hybridized carbons (Fsp3) is 0.857. The van der Waals surface area contributed by atoms with E-state index in [4.69, 9.17) is 5.11 Å². The minimum absolute atomic E-state index is 0.0571. The molecule has 1 fully saturated rings. The van der Waals surface area contributed by atoms with Crippen LogP contribution in [0.25, 0.3) is 0 Å². The zero-order valence-electron chi connectivity index (χ0n) is 6.94. The maximum atomic E-state index is 12.0. The molecule has 1 rings (SSSR count). The Kier molecular flexibility index (Phi) is 2.90. The molecule has 76 valence electrons. The van der Waals surface area contributed by atoms with Gasteiger partial charge in [-0.15, -0.1) is 0 Å². The first-order valence-electron chi connectivity index (χ1n) is 3.97. The van der Waals surface area contributed by atoms with Gasteiger partial charge in [0.2, 0.25) is 0 Å². The van der Waals surface area contributed by atoms with E-state index < -0.39 is 33.0 Å². The van der Waals surface area contributed by atoms with E-state index in [-0.39, 0.29) is 12.8 Å². The number of alkyl halides is 1. The van der Waals surface area contributed by atoms with Crippen LogP contribution in [0.4, 0.5) is 4.39 Å². The Morgan fingerprint density at radius 2 is 2.08 bits per heavy atom. The summed E-state index contributed by atoms with van der Waals surface area (Å²) < 4.78 is 34.0. The van der Waals surface area contributed by atoms with Crippen LogP contribution >= 0.6 is 0 Å². The molecule has 2 atom stereocenters. The minimum Gasteiger partial charge on any atom is -0.481 e. The molecule has 0 heterocycles. The van der Waals surface area contributed by atoms with Crippen molar-refractivity contribution in [1.82, 2.24) is 0 Å². The van der Waals surface area contributed by atoms with E-state index in [9.17, 15) is 17.6 Å². The third-order valence-corrected chi connectivity index (χ3v) is 4.14. The van der Waals surface area contributed by atoms with Gasteiger partial charge in [0.05, 0.1) is 11.2 Å². The molecule has 0 radical (unpaired) electrons. The molecule has 0 aromatic rings. The zero-order chi connectivity index (χ0) is 10.1. The Labute approximate surface area is 75.7 Å². The van der Waals surface area contributed by atoms with Crippen LogP contribution in [0.3, 0.4) is 0 Å². The molecule has 0 spiro atoms. The van der Waals surface area contributed by atoms with E-state index in [1.807, 2.05) is 0 Å². The van der Waals surface area contributed by atoms with Gasteiger partial charge in [-0.05, 0) is 19.3 Å². The molecule has 0 saturated heterocycles. The van der Waals surface area contributed by atoms with E-state index >= 15 is 0 Å². The normalized spacial score (nSPS) is 29.0. The molecular weight excluding hydrogens is 199 g/mol. The summed E-state index contributed by atoms with van der Waals surface area (Å²) in [6, 6.07) is -1.38. The predicted molar refractivity (Wildman–Crippen MR) is 43.7 cm³/mol. The van der Waals surface area contributed by atoms with Crippen LogP contribution < -0.4 is 0 Å². The molecule has 0 aliphatic heterocycles. The van der Waals surface area contributed by atoms with Crippen LogP contribution in [0.1, 0.15) is 19.3 Å². The Hall–Kier alpha value is -0.650. The summed E-state index contributed by atoms with van der Waals surface area (Å²) in [5, 5.41) is 7.79. The number of aliphatic carboxylic acids is 1. The average Bonchev–Trinajstić information content (AvgIpc) is 2.52. The Bertz CT molecular complexity index is 298. The number of hydrogen-bond donors (Lipinski definition) is 1. The van der Waals surface area contributed by atoms with Crippen LogP contribution in [0, 0.1) is 5.92 Å². The minimum atomic E-state index is -3.69. The maximum Gasteiger partial charge on any atom is 0.306 e. The standard InChI is InChI=1S/C7H11FO4S/c8-4-13(11,12)6-2-1-5(3-6)7(9)10/h5-6H,1-4H2,(H,9,10). The molecule has 4 nitrogen and oxygen atoms in total. The molecular formula is C7H11FO4S. The van der Waals surface area contributed by atoms with Crippen LogP contribution in [0.5, 0.6) is 0 Å². The number of rotatable bonds is 3. The molecule has 1 aliphatic carbocycles. The van der Waals surface area contributed by atoms with Gasteiger partial charge in [0.15, 0.2) is 15.8 Å². The lowest BCUT2D eigenvalue weighted by molar-refractivity contribution is -0.141. The second kappa shape index (κ2) is 3.61. The lowest BCUT2D eigenvalue weighted by atomic mass is 10.1. The number of carboxylic acids is 1. The van der Waals surface area contributed by atoms with Gasteiger partial charge in [0, 0.05) is 0 Å². The Morgan fingerprint density at radius 1 is 1.46 bits per heavy atom.